The molecule has 0 fully saturated rings. The first-order valence-corrected chi connectivity index (χ1v) is 5.84. The lowest BCUT2D eigenvalue weighted by molar-refractivity contribution is -0.137. The summed E-state index contributed by atoms with van der Waals surface area (Å²) in [6, 6.07) is 8.23. The van der Waals surface area contributed by atoms with Gasteiger partial charge in [0.15, 0.2) is 0 Å². The number of ether oxygens (including phenoxy) is 1. The van der Waals surface area contributed by atoms with Gasteiger partial charge in [-0.3, -0.25) is 4.79 Å². The molecule has 1 amide bonds. The second-order valence-electron chi connectivity index (χ2n) is 4.00. The van der Waals surface area contributed by atoms with Gasteiger partial charge in [0.05, 0.1) is 5.56 Å². The summed E-state index contributed by atoms with van der Waals surface area (Å²) in [5.41, 5.74) is -1.06. The lowest BCUT2D eigenvalue weighted by Gasteiger charge is -2.09. The van der Waals surface area contributed by atoms with Crippen LogP contribution in [0.4, 0.5) is 13.2 Å². The number of isocyanates is 1. The summed E-state index contributed by atoms with van der Waals surface area (Å²) in [6.45, 7) is 0. The zero-order valence-electron chi connectivity index (χ0n) is 10.8. The van der Waals surface area contributed by atoms with E-state index in [2.05, 4.69) is 9.98 Å². The van der Waals surface area contributed by atoms with Crippen LogP contribution in [0.2, 0.25) is 0 Å². The smallest absolute Gasteiger partial charge is 0.416 e. The van der Waals surface area contributed by atoms with Gasteiger partial charge in [0.1, 0.15) is 11.4 Å². The summed E-state index contributed by atoms with van der Waals surface area (Å²) in [4.78, 5) is 28.0. The van der Waals surface area contributed by atoms with Crippen LogP contribution in [0, 0.1) is 0 Å². The van der Waals surface area contributed by atoms with Crippen LogP contribution in [0.15, 0.2) is 47.5 Å². The maximum atomic E-state index is 12.6. The van der Waals surface area contributed by atoms with Gasteiger partial charge in [-0.25, -0.2) is 9.78 Å². The van der Waals surface area contributed by atoms with Gasteiger partial charge in [-0.15, -0.1) is 4.99 Å². The first-order valence-electron chi connectivity index (χ1n) is 5.84. The number of aliphatic imine (C=N–C) groups is 1. The molecule has 22 heavy (non-hydrogen) atoms. The molecule has 0 aliphatic rings. The minimum Gasteiger partial charge on any atom is -0.439 e. The number of aromatic nitrogens is 1. The Labute approximate surface area is 122 Å². The molecule has 0 aliphatic heterocycles. The van der Waals surface area contributed by atoms with Crippen LogP contribution in [0.5, 0.6) is 11.6 Å². The fraction of sp³-hybridized carbons (Fsp3) is 0.0714. The molecular weight excluding hydrogens is 301 g/mol. The van der Waals surface area contributed by atoms with E-state index in [1.165, 1.54) is 30.3 Å². The maximum absolute atomic E-state index is 12.6. The zero-order valence-corrected chi connectivity index (χ0v) is 10.8. The molecule has 0 spiro atoms. The Kier molecular flexibility index (Phi) is 4.33. The number of halogens is 3. The maximum Gasteiger partial charge on any atom is 0.416 e. The molecule has 112 valence electrons. The van der Waals surface area contributed by atoms with E-state index in [9.17, 15) is 22.8 Å². The van der Waals surface area contributed by atoms with Crippen molar-refractivity contribution in [1.82, 2.24) is 4.98 Å². The highest BCUT2D eigenvalue weighted by molar-refractivity contribution is 5.95. The number of carbonyl (C=O) groups is 1. The number of pyridine rings is 1. The van der Waals surface area contributed by atoms with E-state index in [0.717, 1.165) is 18.2 Å². The van der Waals surface area contributed by atoms with Crippen LogP contribution in [0.3, 0.4) is 0 Å². The summed E-state index contributed by atoms with van der Waals surface area (Å²) in [5, 5.41) is 0. The van der Waals surface area contributed by atoms with Crippen LogP contribution in [-0.2, 0) is 11.0 Å². The van der Waals surface area contributed by atoms with Crippen molar-refractivity contribution in [2.45, 2.75) is 6.18 Å². The van der Waals surface area contributed by atoms with Gasteiger partial charge >= 0.3 is 12.1 Å². The SMILES string of the molecule is O=C=NC(=O)c1cccc(Oc2cccc(C(F)(F)F)c2)n1. The van der Waals surface area contributed by atoms with E-state index in [0.29, 0.717) is 0 Å². The molecule has 0 saturated carbocycles. The van der Waals surface area contributed by atoms with E-state index >= 15 is 0 Å². The van der Waals surface area contributed by atoms with Gasteiger partial charge in [0, 0.05) is 6.07 Å². The number of carbonyl (C=O) groups excluding carboxylic acids is 2. The van der Waals surface area contributed by atoms with Gasteiger partial charge in [0.25, 0.3) is 0 Å². The third-order valence-corrected chi connectivity index (χ3v) is 2.47. The van der Waals surface area contributed by atoms with Gasteiger partial charge in [-0.1, -0.05) is 12.1 Å². The number of alkyl halides is 3. The van der Waals surface area contributed by atoms with Gasteiger partial charge in [0.2, 0.25) is 12.0 Å². The quantitative estimate of drug-likeness (QED) is 0.644. The monoisotopic (exact) mass is 308 g/mol. The molecular formula is C14H7F3N2O3. The number of nitrogens with zero attached hydrogens (tertiary/aromatic N) is 2. The molecule has 0 saturated heterocycles. The van der Waals surface area contributed by atoms with Gasteiger partial charge in [-0.2, -0.15) is 13.2 Å². The normalized spacial score (nSPS) is 10.7. The molecule has 2 rings (SSSR count). The molecule has 0 N–H and O–H groups in total. The molecule has 1 aromatic carbocycles. The molecule has 0 aliphatic carbocycles. The molecule has 1 aromatic heterocycles. The van der Waals surface area contributed by atoms with Crippen molar-refractivity contribution in [3.63, 3.8) is 0 Å². The van der Waals surface area contributed by atoms with Crippen molar-refractivity contribution >= 4 is 12.0 Å². The van der Waals surface area contributed by atoms with Gasteiger partial charge < -0.3 is 4.74 Å². The van der Waals surface area contributed by atoms with Crippen LogP contribution in [0.1, 0.15) is 16.1 Å². The molecule has 0 radical (unpaired) electrons. The predicted octanol–water partition coefficient (Wildman–Crippen LogP) is 3.37. The van der Waals surface area contributed by atoms with Crippen LogP contribution in [-0.4, -0.2) is 17.0 Å². The summed E-state index contributed by atoms with van der Waals surface area (Å²) < 4.78 is 43.0. The number of amides is 1. The Morgan fingerprint density at radius 2 is 1.91 bits per heavy atom. The van der Waals surface area contributed by atoms with Crippen molar-refractivity contribution < 1.29 is 27.5 Å². The van der Waals surface area contributed by atoms with E-state index in [4.69, 9.17) is 4.74 Å². The molecule has 0 unspecified atom stereocenters. The highest BCUT2D eigenvalue weighted by Gasteiger charge is 2.30. The second kappa shape index (κ2) is 6.19. The molecule has 5 nitrogen and oxygen atoms in total. The fourth-order valence-corrected chi connectivity index (χ4v) is 1.55. The van der Waals surface area contributed by atoms with Gasteiger partial charge in [-0.05, 0) is 24.3 Å². The molecule has 0 atom stereocenters. The topological polar surface area (TPSA) is 68.6 Å². The van der Waals surface area contributed by atoms with Crippen molar-refractivity contribution in [1.29, 1.82) is 0 Å². The Hall–Kier alpha value is -2.99. The predicted molar refractivity (Wildman–Crippen MR) is 68.2 cm³/mol. The van der Waals surface area contributed by atoms with Crippen LogP contribution < -0.4 is 4.74 Å². The third-order valence-electron chi connectivity index (χ3n) is 2.47. The van der Waals surface area contributed by atoms with E-state index in [1.807, 2.05) is 0 Å². The van der Waals surface area contributed by atoms with E-state index in [-0.39, 0.29) is 17.3 Å². The fourth-order valence-electron chi connectivity index (χ4n) is 1.55. The molecule has 2 aromatic rings. The Balaban J connectivity index is 2.26. The second-order valence-corrected chi connectivity index (χ2v) is 4.00. The third kappa shape index (κ3) is 3.77. The first kappa shape index (κ1) is 15.4. The number of rotatable bonds is 3. The zero-order chi connectivity index (χ0) is 16.2. The van der Waals surface area contributed by atoms with Crippen molar-refractivity contribution in [3.05, 3.63) is 53.7 Å². The highest BCUT2D eigenvalue weighted by Crippen LogP contribution is 2.32. The summed E-state index contributed by atoms with van der Waals surface area (Å²) in [7, 11) is 0. The number of hydrogen-bond donors (Lipinski definition) is 0. The molecule has 0 bridgehead atoms. The lowest BCUT2D eigenvalue weighted by Crippen LogP contribution is -2.04. The minimum absolute atomic E-state index is 0.0918. The summed E-state index contributed by atoms with van der Waals surface area (Å²) >= 11 is 0. The van der Waals surface area contributed by atoms with E-state index in [1.54, 1.807) is 0 Å². The average molecular weight is 308 g/mol. The number of benzene rings is 1. The standard InChI is InChI=1S/C14H7F3N2O3/c15-14(16,17)9-3-1-4-10(7-9)22-12-6-2-5-11(19-12)13(21)18-8-20/h1-7H. The Morgan fingerprint density at radius 3 is 2.59 bits per heavy atom. The molecule has 8 heteroatoms. The van der Waals surface area contributed by atoms with Crippen LogP contribution in [0.25, 0.3) is 0 Å². The average Bonchev–Trinajstić information content (AvgIpc) is 2.47. The minimum atomic E-state index is -4.50. The summed E-state index contributed by atoms with van der Waals surface area (Å²) in [6.07, 6.45) is -3.42. The number of hydrogen-bond acceptors (Lipinski definition) is 4. The van der Waals surface area contributed by atoms with Crippen molar-refractivity contribution in [2.75, 3.05) is 0 Å². The Bertz CT molecular complexity index is 753. The lowest BCUT2D eigenvalue weighted by atomic mass is 10.2. The summed E-state index contributed by atoms with van der Waals surface area (Å²) in [5.74, 6) is -1.12. The largest absolute Gasteiger partial charge is 0.439 e. The van der Waals surface area contributed by atoms with Crippen molar-refractivity contribution in [3.8, 4) is 11.6 Å². The van der Waals surface area contributed by atoms with Crippen molar-refractivity contribution in [2.24, 2.45) is 4.99 Å². The Morgan fingerprint density at radius 1 is 1.18 bits per heavy atom. The van der Waals surface area contributed by atoms with Crippen LogP contribution >= 0.6 is 0 Å². The highest BCUT2D eigenvalue weighted by atomic mass is 19.4. The first-order chi connectivity index (χ1) is 10.4. The molecule has 1 heterocycles. The van der Waals surface area contributed by atoms with E-state index < -0.39 is 17.6 Å².